The molecule has 0 saturated carbocycles. The molecule has 2 N–H and O–H groups in total. The van der Waals surface area contributed by atoms with Crippen molar-refractivity contribution in [3.05, 3.63) is 24.3 Å². The van der Waals surface area contributed by atoms with Crippen molar-refractivity contribution in [1.29, 1.82) is 0 Å². The Morgan fingerprint density at radius 3 is 2.57 bits per heavy atom. The lowest BCUT2D eigenvalue weighted by molar-refractivity contribution is 0.341. The molecule has 1 aromatic carbocycles. The van der Waals surface area contributed by atoms with E-state index in [2.05, 4.69) is 0 Å². The van der Waals surface area contributed by atoms with Gasteiger partial charge in [-0.15, -0.1) is 11.6 Å². The molecule has 1 aromatic rings. The third-order valence-corrected chi connectivity index (χ3v) is 2.67. The van der Waals surface area contributed by atoms with Crippen LogP contribution in [-0.4, -0.2) is 22.3 Å². The van der Waals surface area contributed by atoms with E-state index in [1.165, 1.54) is 12.1 Å². The standard InChI is InChI=1S/C8H10ClO4P/c9-5-6-13-7-3-1-2-4-8(7)14(10,11)12/h1-4H,5-6H2,(H2,10,11,12). The summed E-state index contributed by atoms with van der Waals surface area (Å²) in [5, 5.41) is -0.106. The maximum absolute atomic E-state index is 11.0. The van der Waals surface area contributed by atoms with Crippen molar-refractivity contribution in [2.75, 3.05) is 12.5 Å². The van der Waals surface area contributed by atoms with E-state index in [1.807, 2.05) is 0 Å². The normalized spacial score (nSPS) is 11.4. The van der Waals surface area contributed by atoms with E-state index in [1.54, 1.807) is 12.1 Å². The van der Waals surface area contributed by atoms with Gasteiger partial charge in [0.05, 0.1) is 5.88 Å². The van der Waals surface area contributed by atoms with Crippen LogP contribution in [0.2, 0.25) is 0 Å². The second-order valence-electron chi connectivity index (χ2n) is 2.55. The number of rotatable bonds is 4. The third kappa shape index (κ3) is 3.00. The minimum Gasteiger partial charge on any atom is -0.491 e. The van der Waals surface area contributed by atoms with Crippen LogP contribution < -0.4 is 10.0 Å². The summed E-state index contributed by atoms with van der Waals surface area (Å²) in [6.07, 6.45) is 0. The van der Waals surface area contributed by atoms with E-state index in [0.29, 0.717) is 0 Å². The van der Waals surface area contributed by atoms with Crippen LogP contribution in [0.4, 0.5) is 0 Å². The molecule has 0 aliphatic heterocycles. The molecule has 0 spiro atoms. The molecule has 78 valence electrons. The highest BCUT2D eigenvalue weighted by atomic mass is 35.5. The average molecular weight is 237 g/mol. The van der Waals surface area contributed by atoms with E-state index in [9.17, 15) is 4.57 Å². The predicted octanol–water partition coefficient (Wildman–Crippen LogP) is 1.11. The second kappa shape index (κ2) is 4.80. The lowest BCUT2D eigenvalue weighted by atomic mass is 10.3. The van der Waals surface area contributed by atoms with Gasteiger partial charge in [0.15, 0.2) is 0 Å². The highest BCUT2D eigenvalue weighted by molar-refractivity contribution is 7.60. The number of halogens is 1. The summed E-state index contributed by atoms with van der Waals surface area (Å²) in [6, 6.07) is 6.02. The van der Waals surface area contributed by atoms with Crippen molar-refractivity contribution in [3.63, 3.8) is 0 Å². The zero-order valence-corrected chi connectivity index (χ0v) is 8.91. The summed E-state index contributed by atoms with van der Waals surface area (Å²) in [5.74, 6) is 0.455. The first-order valence-electron chi connectivity index (χ1n) is 3.89. The Balaban J connectivity index is 2.98. The molecule has 0 aromatic heterocycles. The van der Waals surface area contributed by atoms with Gasteiger partial charge in [-0.25, -0.2) is 0 Å². The monoisotopic (exact) mass is 236 g/mol. The molecule has 0 radical (unpaired) electrons. The summed E-state index contributed by atoms with van der Waals surface area (Å²) in [5.41, 5.74) is 0. The SMILES string of the molecule is O=P(O)(O)c1ccccc1OCCCl. The number of alkyl halides is 1. The third-order valence-electron chi connectivity index (χ3n) is 1.51. The Morgan fingerprint density at radius 2 is 2.00 bits per heavy atom. The summed E-state index contributed by atoms with van der Waals surface area (Å²) in [7, 11) is -4.26. The molecule has 14 heavy (non-hydrogen) atoms. The molecule has 6 heteroatoms. The second-order valence-corrected chi connectivity index (χ2v) is 4.50. The summed E-state index contributed by atoms with van der Waals surface area (Å²) < 4.78 is 16.1. The van der Waals surface area contributed by atoms with E-state index < -0.39 is 7.60 Å². The fraction of sp³-hybridized carbons (Fsp3) is 0.250. The largest absolute Gasteiger partial charge is 0.491 e. The Labute approximate surface area is 86.6 Å². The molecule has 0 unspecified atom stereocenters. The summed E-state index contributed by atoms with van der Waals surface area (Å²) >= 11 is 5.40. The van der Waals surface area contributed by atoms with Gasteiger partial charge in [-0.1, -0.05) is 12.1 Å². The average Bonchev–Trinajstić information content (AvgIpc) is 2.14. The minimum atomic E-state index is -4.26. The van der Waals surface area contributed by atoms with Crippen LogP contribution >= 0.6 is 19.2 Å². The quantitative estimate of drug-likeness (QED) is 0.607. The van der Waals surface area contributed by atoms with Crippen LogP contribution in [0.15, 0.2) is 24.3 Å². The molecule has 0 fully saturated rings. The van der Waals surface area contributed by atoms with Crippen LogP contribution in [0.25, 0.3) is 0 Å². The van der Waals surface area contributed by atoms with Gasteiger partial charge in [0.25, 0.3) is 0 Å². The lowest BCUT2D eigenvalue weighted by Crippen LogP contribution is -2.11. The van der Waals surface area contributed by atoms with Crippen LogP contribution in [0.1, 0.15) is 0 Å². The van der Waals surface area contributed by atoms with Crippen LogP contribution in [0.5, 0.6) is 5.75 Å². The van der Waals surface area contributed by atoms with Crippen LogP contribution in [-0.2, 0) is 4.57 Å². The molecule has 0 aliphatic rings. The fourth-order valence-electron chi connectivity index (χ4n) is 0.968. The first-order chi connectivity index (χ1) is 6.55. The molecule has 0 amide bonds. The van der Waals surface area contributed by atoms with Gasteiger partial charge in [-0.3, -0.25) is 4.57 Å². The number of para-hydroxylation sites is 1. The van der Waals surface area contributed by atoms with Gasteiger partial charge in [-0.05, 0) is 12.1 Å². The van der Waals surface area contributed by atoms with E-state index >= 15 is 0 Å². The van der Waals surface area contributed by atoms with Crippen molar-refractivity contribution in [2.24, 2.45) is 0 Å². The molecule has 0 atom stereocenters. The van der Waals surface area contributed by atoms with Gasteiger partial charge >= 0.3 is 7.60 Å². The Kier molecular flexibility index (Phi) is 3.96. The molecule has 4 nitrogen and oxygen atoms in total. The molecular weight excluding hydrogens is 227 g/mol. The zero-order chi connectivity index (χ0) is 10.6. The number of benzene rings is 1. The summed E-state index contributed by atoms with van der Waals surface area (Å²) in [6.45, 7) is 0.221. The molecule has 0 saturated heterocycles. The zero-order valence-electron chi connectivity index (χ0n) is 7.26. The van der Waals surface area contributed by atoms with E-state index in [-0.39, 0.29) is 23.5 Å². The minimum absolute atomic E-state index is 0.106. The highest BCUT2D eigenvalue weighted by Gasteiger charge is 2.21. The van der Waals surface area contributed by atoms with E-state index in [4.69, 9.17) is 26.1 Å². The Hall–Kier alpha value is -0.540. The number of ether oxygens (including phenoxy) is 1. The predicted molar refractivity (Wildman–Crippen MR) is 54.3 cm³/mol. The number of hydrogen-bond donors (Lipinski definition) is 2. The fourth-order valence-corrected chi connectivity index (χ4v) is 1.75. The lowest BCUT2D eigenvalue weighted by Gasteiger charge is -2.10. The molecule has 0 bridgehead atoms. The smallest absolute Gasteiger partial charge is 0.359 e. The van der Waals surface area contributed by atoms with Crippen LogP contribution in [0, 0.1) is 0 Å². The van der Waals surface area contributed by atoms with E-state index in [0.717, 1.165) is 0 Å². The van der Waals surface area contributed by atoms with Gasteiger partial charge < -0.3 is 14.5 Å². The van der Waals surface area contributed by atoms with Gasteiger partial charge in [0, 0.05) is 0 Å². The Bertz CT molecular complexity index is 349. The first kappa shape index (κ1) is 11.5. The maximum atomic E-state index is 11.0. The topological polar surface area (TPSA) is 66.8 Å². The first-order valence-corrected chi connectivity index (χ1v) is 6.04. The van der Waals surface area contributed by atoms with Crippen molar-refractivity contribution in [1.82, 2.24) is 0 Å². The van der Waals surface area contributed by atoms with Gasteiger partial charge in [-0.2, -0.15) is 0 Å². The molecule has 1 rings (SSSR count). The molecule has 0 aliphatic carbocycles. The highest BCUT2D eigenvalue weighted by Crippen LogP contribution is 2.36. The van der Waals surface area contributed by atoms with Crippen LogP contribution in [0.3, 0.4) is 0 Å². The van der Waals surface area contributed by atoms with Crippen molar-refractivity contribution in [2.45, 2.75) is 0 Å². The van der Waals surface area contributed by atoms with Gasteiger partial charge in [0.1, 0.15) is 17.7 Å². The summed E-state index contributed by atoms with van der Waals surface area (Å²) in [4.78, 5) is 17.9. The maximum Gasteiger partial charge on any atom is 0.359 e. The van der Waals surface area contributed by atoms with Crippen molar-refractivity contribution in [3.8, 4) is 5.75 Å². The molecular formula is C8H10ClO4P. The Morgan fingerprint density at radius 1 is 1.36 bits per heavy atom. The number of hydrogen-bond acceptors (Lipinski definition) is 2. The van der Waals surface area contributed by atoms with Gasteiger partial charge in [0.2, 0.25) is 0 Å². The van der Waals surface area contributed by atoms with Crippen molar-refractivity contribution >= 4 is 24.5 Å². The van der Waals surface area contributed by atoms with Crippen molar-refractivity contribution < 1.29 is 19.1 Å². The molecule has 0 heterocycles.